The lowest BCUT2D eigenvalue weighted by atomic mass is 9.99. The van der Waals surface area contributed by atoms with E-state index >= 15 is 0 Å². The zero-order valence-corrected chi connectivity index (χ0v) is 20.5. The number of hydrogen-bond acceptors (Lipinski definition) is 3. The van der Waals surface area contributed by atoms with Gasteiger partial charge in [0.15, 0.2) is 0 Å². The first-order valence-corrected chi connectivity index (χ1v) is 12.1. The minimum atomic E-state index is 0.667. The standard InChI is InChI=1S/C33H28N2O/c1-24-8-18-31(19-9-24)35(30-6-4-3-5-7-30)32-20-13-27(14-21-32)33-22-29(15-10-25(33)2)34-28-16-11-26(23-36)12-17-28/h3-23,34H,1-2H3. The van der Waals surface area contributed by atoms with Crippen LogP contribution in [0.2, 0.25) is 0 Å². The molecule has 0 fully saturated rings. The molecule has 0 saturated heterocycles. The molecule has 5 rings (SSSR count). The number of hydrogen-bond donors (Lipinski definition) is 1. The van der Waals surface area contributed by atoms with Crippen molar-refractivity contribution in [3.05, 3.63) is 138 Å². The van der Waals surface area contributed by atoms with Crippen LogP contribution in [-0.2, 0) is 0 Å². The van der Waals surface area contributed by atoms with Crippen LogP contribution in [0.25, 0.3) is 11.1 Å². The van der Waals surface area contributed by atoms with Crippen molar-refractivity contribution in [1.82, 2.24) is 0 Å². The summed E-state index contributed by atoms with van der Waals surface area (Å²) >= 11 is 0. The molecule has 0 atom stereocenters. The first-order chi connectivity index (χ1) is 17.6. The number of aldehydes is 1. The Bertz CT molecular complexity index is 1460. The van der Waals surface area contributed by atoms with Gasteiger partial charge in [0.05, 0.1) is 0 Å². The highest BCUT2D eigenvalue weighted by molar-refractivity contribution is 5.80. The van der Waals surface area contributed by atoms with Gasteiger partial charge >= 0.3 is 0 Å². The van der Waals surface area contributed by atoms with Gasteiger partial charge in [-0.2, -0.15) is 0 Å². The minimum Gasteiger partial charge on any atom is -0.356 e. The molecule has 0 heterocycles. The molecule has 0 aliphatic rings. The second-order valence-electron chi connectivity index (χ2n) is 8.95. The summed E-state index contributed by atoms with van der Waals surface area (Å²) in [6, 6.07) is 41.7. The van der Waals surface area contributed by atoms with Crippen molar-refractivity contribution in [2.75, 3.05) is 10.2 Å². The topological polar surface area (TPSA) is 32.3 Å². The van der Waals surface area contributed by atoms with Crippen molar-refractivity contribution in [3.8, 4) is 11.1 Å². The average Bonchev–Trinajstić information content (AvgIpc) is 2.92. The molecule has 0 spiro atoms. The highest BCUT2D eigenvalue weighted by Gasteiger charge is 2.13. The van der Waals surface area contributed by atoms with Crippen molar-refractivity contribution >= 4 is 34.7 Å². The van der Waals surface area contributed by atoms with Gasteiger partial charge in [-0.25, -0.2) is 0 Å². The number of carbonyl (C=O) groups is 1. The van der Waals surface area contributed by atoms with Crippen LogP contribution >= 0.6 is 0 Å². The Balaban J connectivity index is 1.46. The summed E-state index contributed by atoms with van der Waals surface area (Å²) in [5, 5.41) is 3.45. The third-order valence-electron chi connectivity index (χ3n) is 6.32. The van der Waals surface area contributed by atoms with Crippen LogP contribution in [0.1, 0.15) is 21.5 Å². The van der Waals surface area contributed by atoms with Gasteiger partial charge in [-0.1, -0.05) is 54.1 Å². The Morgan fingerprint density at radius 3 is 1.83 bits per heavy atom. The number of benzene rings is 5. The molecule has 0 saturated carbocycles. The van der Waals surface area contributed by atoms with Gasteiger partial charge < -0.3 is 10.2 Å². The van der Waals surface area contributed by atoms with Crippen LogP contribution in [0.15, 0.2) is 121 Å². The zero-order valence-electron chi connectivity index (χ0n) is 20.5. The summed E-state index contributed by atoms with van der Waals surface area (Å²) in [5.74, 6) is 0. The molecule has 0 bridgehead atoms. The maximum absolute atomic E-state index is 10.9. The highest BCUT2D eigenvalue weighted by atomic mass is 16.1. The van der Waals surface area contributed by atoms with Crippen LogP contribution in [0, 0.1) is 13.8 Å². The molecule has 5 aromatic carbocycles. The number of carbonyl (C=O) groups excluding carboxylic acids is 1. The van der Waals surface area contributed by atoms with Crippen LogP contribution in [0.5, 0.6) is 0 Å². The van der Waals surface area contributed by atoms with Crippen LogP contribution in [-0.4, -0.2) is 6.29 Å². The molecular formula is C33H28N2O. The molecule has 36 heavy (non-hydrogen) atoms. The number of anilines is 5. The fourth-order valence-corrected chi connectivity index (χ4v) is 4.33. The van der Waals surface area contributed by atoms with E-state index in [1.807, 2.05) is 30.3 Å². The van der Waals surface area contributed by atoms with Gasteiger partial charge in [0.2, 0.25) is 0 Å². The van der Waals surface area contributed by atoms with E-state index in [9.17, 15) is 4.79 Å². The summed E-state index contributed by atoms with van der Waals surface area (Å²) in [6.45, 7) is 4.24. The lowest BCUT2D eigenvalue weighted by Gasteiger charge is -2.26. The molecular weight excluding hydrogens is 440 g/mol. The molecule has 0 radical (unpaired) electrons. The first-order valence-electron chi connectivity index (χ1n) is 12.1. The Morgan fingerprint density at radius 2 is 1.19 bits per heavy atom. The van der Waals surface area contributed by atoms with Gasteiger partial charge in [-0.05, 0) is 103 Å². The molecule has 0 aromatic heterocycles. The Labute approximate surface area is 212 Å². The van der Waals surface area contributed by atoms with E-state index < -0.39 is 0 Å². The van der Waals surface area contributed by atoms with Gasteiger partial charge in [-0.3, -0.25) is 4.79 Å². The molecule has 1 N–H and O–H groups in total. The largest absolute Gasteiger partial charge is 0.356 e. The fraction of sp³-hybridized carbons (Fsp3) is 0.0606. The summed E-state index contributed by atoms with van der Waals surface area (Å²) in [5.41, 5.74) is 10.8. The number of para-hydroxylation sites is 1. The van der Waals surface area contributed by atoms with Gasteiger partial charge in [0, 0.05) is 34.0 Å². The van der Waals surface area contributed by atoms with E-state index in [4.69, 9.17) is 0 Å². The molecule has 0 aliphatic carbocycles. The number of nitrogens with one attached hydrogen (secondary N) is 1. The Kier molecular flexibility index (Phi) is 6.63. The van der Waals surface area contributed by atoms with Crippen LogP contribution in [0.3, 0.4) is 0 Å². The SMILES string of the molecule is Cc1ccc(N(c2ccccc2)c2ccc(-c3cc(Nc4ccc(C=O)cc4)ccc3C)cc2)cc1. The quantitative estimate of drug-likeness (QED) is 0.242. The fourth-order valence-electron chi connectivity index (χ4n) is 4.33. The lowest BCUT2D eigenvalue weighted by molar-refractivity contribution is 0.112. The van der Waals surface area contributed by atoms with Crippen molar-refractivity contribution in [1.29, 1.82) is 0 Å². The third-order valence-corrected chi connectivity index (χ3v) is 6.32. The Hall–Kier alpha value is -4.63. The normalized spacial score (nSPS) is 10.6. The molecule has 0 amide bonds. The molecule has 3 nitrogen and oxygen atoms in total. The van der Waals surface area contributed by atoms with E-state index in [0.717, 1.165) is 40.3 Å². The van der Waals surface area contributed by atoms with Crippen molar-refractivity contribution < 1.29 is 4.79 Å². The van der Waals surface area contributed by atoms with E-state index in [1.54, 1.807) is 0 Å². The first kappa shape index (κ1) is 23.1. The number of aryl methyl sites for hydroxylation is 2. The summed E-state index contributed by atoms with van der Waals surface area (Å²) in [7, 11) is 0. The predicted octanol–water partition coefficient (Wildman–Crippen LogP) is 9.00. The number of nitrogens with zero attached hydrogens (tertiary/aromatic N) is 1. The second kappa shape index (κ2) is 10.3. The summed E-state index contributed by atoms with van der Waals surface area (Å²) in [6.07, 6.45) is 0.856. The van der Waals surface area contributed by atoms with E-state index in [2.05, 4.69) is 115 Å². The minimum absolute atomic E-state index is 0.667. The molecule has 0 unspecified atom stereocenters. The molecule has 3 heteroatoms. The maximum Gasteiger partial charge on any atom is 0.150 e. The van der Waals surface area contributed by atoms with Crippen molar-refractivity contribution in [2.45, 2.75) is 13.8 Å². The van der Waals surface area contributed by atoms with E-state index in [0.29, 0.717) is 5.56 Å². The number of rotatable bonds is 7. The Morgan fingerprint density at radius 1 is 0.611 bits per heavy atom. The third kappa shape index (κ3) is 5.06. The van der Waals surface area contributed by atoms with E-state index in [-0.39, 0.29) is 0 Å². The van der Waals surface area contributed by atoms with E-state index in [1.165, 1.54) is 16.7 Å². The predicted molar refractivity (Wildman–Crippen MR) is 151 cm³/mol. The second-order valence-corrected chi connectivity index (χ2v) is 8.95. The van der Waals surface area contributed by atoms with Gasteiger partial charge in [-0.15, -0.1) is 0 Å². The summed E-state index contributed by atoms with van der Waals surface area (Å²) < 4.78 is 0. The molecule has 5 aromatic rings. The lowest BCUT2D eigenvalue weighted by Crippen LogP contribution is -2.09. The van der Waals surface area contributed by atoms with Gasteiger partial charge in [0.25, 0.3) is 0 Å². The average molecular weight is 469 g/mol. The molecule has 176 valence electrons. The smallest absolute Gasteiger partial charge is 0.150 e. The highest BCUT2D eigenvalue weighted by Crippen LogP contribution is 2.36. The van der Waals surface area contributed by atoms with Crippen molar-refractivity contribution in [3.63, 3.8) is 0 Å². The zero-order chi connectivity index (χ0) is 24.9. The van der Waals surface area contributed by atoms with Crippen LogP contribution in [0.4, 0.5) is 28.4 Å². The molecule has 0 aliphatic heterocycles. The van der Waals surface area contributed by atoms with Crippen molar-refractivity contribution in [2.24, 2.45) is 0 Å². The maximum atomic E-state index is 10.9. The summed E-state index contributed by atoms with van der Waals surface area (Å²) in [4.78, 5) is 13.2. The van der Waals surface area contributed by atoms with Crippen LogP contribution < -0.4 is 10.2 Å². The monoisotopic (exact) mass is 468 g/mol. The van der Waals surface area contributed by atoms with Gasteiger partial charge in [0.1, 0.15) is 6.29 Å².